The minimum Gasteiger partial charge on any atom is -0.497 e. The van der Waals surface area contributed by atoms with Crippen LogP contribution >= 0.6 is 0 Å². The van der Waals surface area contributed by atoms with Gasteiger partial charge in [-0.25, -0.2) is 0 Å². The maximum atomic E-state index is 12.2. The van der Waals surface area contributed by atoms with Crippen LogP contribution in [-0.4, -0.2) is 24.7 Å². The fourth-order valence-electron chi connectivity index (χ4n) is 2.71. The van der Waals surface area contributed by atoms with Crippen LogP contribution in [0.3, 0.4) is 0 Å². The van der Waals surface area contributed by atoms with E-state index in [-0.39, 0.29) is 12.5 Å². The summed E-state index contributed by atoms with van der Waals surface area (Å²) in [4.78, 5) is 12.2. The summed E-state index contributed by atoms with van der Waals surface area (Å²) >= 11 is 0. The topological polar surface area (TPSA) is 58.6 Å². The first-order chi connectivity index (χ1) is 11.7. The van der Waals surface area contributed by atoms with E-state index in [0.29, 0.717) is 11.3 Å². The normalized spacial score (nSPS) is 11.9. The monoisotopic (exact) mass is 321 g/mol. The molecule has 0 aliphatic heterocycles. The lowest BCUT2D eigenvalue weighted by Crippen LogP contribution is -2.28. The number of nitrogens with one attached hydrogen (secondary N) is 1. The Morgan fingerprint density at radius 3 is 2.67 bits per heavy atom. The fourth-order valence-corrected chi connectivity index (χ4v) is 2.71. The van der Waals surface area contributed by atoms with E-state index < -0.39 is 6.10 Å². The quantitative estimate of drug-likeness (QED) is 0.758. The third-order valence-electron chi connectivity index (χ3n) is 3.97. The van der Waals surface area contributed by atoms with Gasteiger partial charge < -0.3 is 15.2 Å². The van der Waals surface area contributed by atoms with E-state index in [1.807, 2.05) is 42.5 Å². The highest BCUT2D eigenvalue weighted by molar-refractivity contribution is 5.94. The van der Waals surface area contributed by atoms with Crippen molar-refractivity contribution in [1.29, 1.82) is 0 Å². The zero-order valence-corrected chi connectivity index (χ0v) is 13.4. The molecule has 3 aromatic carbocycles. The van der Waals surface area contributed by atoms with E-state index in [2.05, 4.69) is 5.32 Å². The number of hydrogen-bond donors (Lipinski definition) is 2. The second-order valence-corrected chi connectivity index (χ2v) is 5.53. The van der Waals surface area contributed by atoms with Gasteiger partial charge in [0.2, 0.25) is 0 Å². The molecule has 0 fully saturated rings. The van der Waals surface area contributed by atoms with Crippen molar-refractivity contribution in [3.05, 3.63) is 77.9 Å². The number of benzene rings is 3. The van der Waals surface area contributed by atoms with Gasteiger partial charge in [-0.15, -0.1) is 0 Å². The summed E-state index contributed by atoms with van der Waals surface area (Å²) in [5.41, 5.74) is 1.30. The number of rotatable bonds is 5. The number of hydrogen-bond acceptors (Lipinski definition) is 3. The summed E-state index contributed by atoms with van der Waals surface area (Å²) in [6.07, 6.45) is -0.773. The molecule has 0 heterocycles. The number of amides is 1. The Kier molecular flexibility index (Phi) is 4.77. The minimum absolute atomic E-state index is 0.143. The third kappa shape index (κ3) is 3.39. The largest absolute Gasteiger partial charge is 0.497 e. The number of ether oxygens (including phenoxy) is 1. The van der Waals surface area contributed by atoms with Crippen LogP contribution in [0.25, 0.3) is 10.8 Å². The Hall–Kier alpha value is -2.85. The van der Waals surface area contributed by atoms with Crippen molar-refractivity contribution in [2.24, 2.45) is 0 Å². The van der Waals surface area contributed by atoms with E-state index in [0.717, 1.165) is 16.3 Å². The van der Waals surface area contributed by atoms with Gasteiger partial charge >= 0.3 is 0 Å². The van der Waals surface area contributed by atoms with Gasteiger partial charge in [-0.1, -0.05) is 48.5 Å². The van der Waals surface area contributed by atoms with Crippen LogP contribution in [0.15, 0.2) is 66.7 Å². The molecule has 0 spiro atoms. The summed E-state index contributed by atoms with van der Waals surface area (Å²) in [5.74, 6) is 0.380. The Morgan fingerprint density at radius 2 is 1.83 bits per heavy atom. The van der Waals surface area contributed by atoms with Gasteiger partial charge in [0.15, 0.2) is 0 Å². The maximum absolute atomic E-state index is 12.2. The van der Waals surface area contributed by atoms with Crippen molar-refractivity contribution >= 4 is 16.7 Å². The van der Waals surface area contributed by atoms with Crippen LogP contribution in [-0.2, 0) is 0 Å². The molecule has 0 bridgehead atoms. The molecule has 0 saturated carbocycles. The lowest BCUT2D eigenvalue weighted by molar-refractivity contribution is 0.0916. The molecule has 122 valence electrons. The van der Waals surface area contributed by atoms with Crippen LogP contribution in [0, 0.1) is 0 Å². The molecule has 0 aliphatic carbocycles. The molecule has 1 amide bonds. The third-order valence-corrected chi connectivity index (χ3v) is 3.97. The molecule has 1 atom stereocenters. The van der Waals surface area contributed by atoms with Crippen molar-refractivity contribution < 1.29 is 14.6 Å². The van der Waals surface area contributed by atoms with Crippen LogP contribution in [0.5, 0.6) is 5.75 Å². The highest BCUT2D eigenvalue weighted by Gasteiger charge is 2.13. The molecule has 0 aromatic heterocycles. The number of carbonyl (C=O) groups is 1. The average Bonchev–Trinajstić information content (AvgIpc) is 2.65. The average molecular weight is 321 g/mol. The highest BCUT2D eigenvalue weighted by atomic mass is 16.5. The summed E-state index contributed by atoms with van der Waals surface area (Å²) in [6.45, 7) is 0.143. The van der Waals surface area contributed by atoms with E-state index in [9.17, 15) is 9.90 Å². The highest BCUT2D eigenvalue weighted by Crippen LogP contribution is 2.24. The van der Waals surface area contributed by atoms with Gasteiger partial charge in [-0.2, -0.15) is 0 Å². The van der Waals surface area contributed by atoms with Crippen molar-refractivity contribution in [2.75, 3.05) is 13.7 Å². The number of aliphatic hydroxyl groups excluding tert-OH is 1. The van der Waals surface area contributed by atoms with Gasteiger partial charge in [-0.3, -0.25) is 4.79 Å². The molecule has 0 radical (unpaired) electrons. The van der Waals surface area contributed by atoms with Gasteiger partial charge in [0.05, 0.1) is 13.2 Å². The van der Waals surface area contributed by atoms with Gasteiger partial charge in [-0.05, 0) is 34.5 Å². The Balaban J connectivity index is 1.72. The Labute approximate surface area is 140 Å². The molecule has 24 heavy (non-hydrogen) atoms. The van der Waals surface area contributed by atoms with Crippen molar-refractivity contribution in [1.82, 2.24) is 5.32 Å². The SMILES string of the molecule is COc1cccc(C(=O)NC[C@@H](O)c2cccc3ccccc23)c1. The summed E-state index contributed by atoms with van der Waals surface area (Å²) < 4.78 is 5.12. The van der Waals surface area contributed by atoms with Gasteiger partial charge in [0.25, 0.3) is 5.91 Å². The zero-order chi connectivity index (χ0) is 16.9. The smallest absolute Gasteiger partial charge is 0.251 e. The number of aliphatic hydroxyl groups is 1. The summed E-state index contributed by atoms with van der Waals surface area (Å²) in [5, 5.41) is 15.3. The summed E-state index contributed by atoms with van der Waals surface area (Å²) in [7, 11) is 1.56. The molecular weight excluding hydrogens is 302 g/mol. The van der Waals surface area contributed by atoms with Crippen LogP contribution in [0.1, 0.15) is 22.0 Å². The predicted octanol–water partition coefficient (Wildman–Crippen LogP) is 3.31. The first kappa shape index (κ1) is 16.0. The van der Waals surface area contributed by atoms with Gasteiger partial charge in [0.1, 0.15) is 5.75 Å². The first-order valence-electron chi connectivity index (χ1n) is 7.77. The Morgan fingerprint density at radius 1 is 1.08 bits per heavy atom. The molecule has 0 saturated heterocycles. The lowest BCUT2D eigenvalue weighted by Gasteiger charge is -2.15. The van der Waals surface area contributed by atoms with E-state index >= 15 is 0 Å². The lowest BCUT2D eigenvalue weighted by atomic mass is 10.0. The summed E-state index contributed by atoms with van der Waals surface area (Å²) in [6, 6.07) is 20.6. The maximum Gasteiger partial charge on any atom is 0.251 e. The molecule has 0 unspecified atom stereocenters. The molecule has 4 nitrogen and oxygen atoms in total. The van der Waals surface area contributed by atoms with Crippen LogP contribution in [0.2, 0.25) is 0 Å². The van der Waals surface area contributed by atoms with Crippen molar-refractivity contribution in [2.45, 2.75) is 6.10 Å². The fraction of sp³-hybridized carbons (Fsp3) is 0.150. The second kappa shape index (κ2) is 7.15. The molecule has 0 aliphatic rings. The molecule has 3 rings (SSSR count). The van der Waals surface area contributed by atoms with E-state index in [4.69, 9.17) is 4.74 Å². The number of methoxy groups -OCH3 is 1. The van der Waals surface area contributed by atoms with Crippen molar-refractivity contribution in [3.63, 3.8) is 0 Å². The zero-order valence-electron chi connectivity index (χ0n) is 13.4. The van der Waals surface area contributed by atoms with Gasteiger partial charge in [0, 0.05) is 12.1 Å². The molecule has 4 heteroatoms. The predicted molar refractivity (Wildman–Crippen MR) is 94.2 cm³/mol. The number of carbonyl (C=O) groups excluding carboxylic acids is 1. The van der Waals surface area contributed by atoms with E-state index in [1.165, 1.54) is 0 Å². The molecule has 2 N–H and O–H groups in total. The van der Waals surface area contributed by atoms with E-state index in [1.54, 1.807) is 31.4 Å². The Bertz CT molecular complexity index is 855. The number of fused-ring (bicyclic) bond motifs is 1. The minimum atomic E-state index is -0.773. The van der Waals surface area contributed by atoms with Crippen LogP contribution in [0.4, 0.5) is 0 Å². The molecule has 3 aromatic rings. The standard InChI is InChI=1S/C20H19NO3/c1-24-16-9-4-8-15(12-16)20(23)21-13-19(22)18-11-5-7-14-6-2-3-10-17(14)18/h2-12,19,22H,13H2,1H3,(H,21,23)/t19-/m1/s1. The second-order valence-electron chi connectivity index (χ2n) is 5.53. The molecular formula is C20H19NO3. The van der Waals surface area contributed by atoms with Crippen molar-refractivity contribution in [3.8, 4) is 5.75 Å². The van der Waals surface area contributed by atoms with Crippen LogP contribution < -0.4 is 10.1 Å². The first-order valence-corrected chi connectivity index (χ1v) is 7.77.